The van der Waals surface area contributed by atoms with Crippen LogP contribution in [0.2, 0.25) is 0 Å². The summed E-state index contributed by atoms with van der Waals surface area (Å²) in [5.74, 6) is -2.44. The van der Waals surface area contributed by atoms with Gasteiger partial charge in [-0.1, -0.05) is 29.8 Å². The molecule has 0 aromatic heterocycles. The van der Waals surface area contributed by atoms with Gasteiger partial charge >= 0.3 is 0 Å². The van der Waals surface area contributed by atoms with Gasteiger partial charge in [0.25, 0.3) is 0 Å². The lowest BCUT2D eigenvalue weighted by Crippen LogP contribution is -2.31. The Morgan fingerprint density at radius 2 is 1.79 bits per heavy atom. The minimum Gasteiger partial charge on any atom is -0.542 e. The second kappa shape index (κ2) is 4.56. The van der Waals surface area contributed by atoms with Crippen molar-refractivity contribution in [2.45, 2.75) is 19.8 Å². The molecular formula is C11H11O3-. The van der Waals surface area contributed by atoms with Gasteiger partial charge in [-0.05, 0) is 18.9 Å². The number of ketones is 1. The number of hydrogen-bond acceptors (Lipinski definition) is 3. The van der Waals surface area contributed by atoms with Gasteiger partial charge in [0.05, 0.1) is 0 Å². The first-order valence-corrected chi connectivity index (χ1v) is 4.39. The average molecular weight is 191 g/mol. The van der Waals surface area contributed by atoms with E-state index in [1.165, 1.54) is 0 Å². The summed E-state index contributed by atoms with van der Waals surface area (Å²) in [6, 6.07) is 7.63. The summed E-state index contributed by atoms with van der Waals surface area (Å²) in [7, 11) is 0. The Morgan fingerprint density at radius 1 is 1.21 bits per heavy atom. The normalized spacial score (nSPS) is 9.79. The molecule has 0 aliphatic heterocycles. The summed E-state index contributed by atoms with van der Waals surface area (Å²) < 4.78 is 0. The maximum Gasteiger partial charge on any atom is 0.178 e. The molecule has 1 rings (SSSR count). The zero-order valence-corrected chi connectivity index (χ0v) is 7.95. The third-order valence-corrected chi connectivity index (χ3v) is 1.99. The lowest BCUT2D eigenvalue weighted by Gasteiger charge is -2.02. The van der Waals surface area contributed by atoms with Gasteiger partial charge in [-0.25, -0.2) is 0 Å². The van der Waals surface area contributed by atoms with E-state index in [1.807, 2.05) is 31.2 Å². The lowest BCUT2D eigenvalue weighted by atomic mass is 10.1. The Labute approximate surface area is 82.4 Å². The van der Waals surface area contributed by atoms with E-state index in [2.05, 4.69) is 0 Å². The van der Waals surface area contributed by atoms with Crippen molar-refractivity contribution in [1.29, 1.82) is 0 Å². The molecule has 3 nitrogen and oxygen atoms in total. The summed E-state index contributed by atoms with van der Waals surface area (Å²) in [6.07, 6.45) is 0.457. The van der Waals surface area contributed by atoms with E-state index in [-0.39, 0.29) is 6.42 Å². The van der Waals surface area contributed by atoms with Crippen molar-refractivity contribution in [3.63, 3.8) is 0 Å². The molecule has 0 saturated heterocycles. The molecule has 0 fully saturated rings. The van der Waals surface area contributed by atoms with E-state index in [0.717, 1.165) is 11.1 Å². The maximum absolute atomic E-state index is 10.7. The summed E-state index contributed by atoms with van der Waals surface area (Å²) >= 11 is 0. The number of hydrogen-bond donors (Lipinski definition) is 0. The maximum atomic E-state index is 10.7. The van der Waals surface area contributed by atoms with Gasteiger partial charge in [-0.2, -0.15) is 0 Å². The van der Waals surface area contributed by atoms with E-state index in [0.29, 0.717) is 6.42 Å². The van der Waals surface area contributed by atoms with Gasteiger partial charge in [-0.15, -0.1) is 0 Å². The van der Waals surface area contributed by atoms with Gasteiger partial charge in [0.1, 0.15) is 5.97 Å². The highest BCUT2D eigenvalue weighted by Crippen LogP contribution is 2.05. The van der Waals surface area contributed by atoms with Crippen molar-refractivity contribution in [3.8, 4) is 0 Å². The topological polar surface area (TPSA) is 57.2 Å². The van der Waals surface area contributed by atoms with Crippen LogP contribution in [0.15, 0.2) is 24.3 Å². The van der Waals surface area contributed by atoms with Gasteiger partial charge in [0, 0.05) is 6.42 Å². The monoisotopic (exact) mass is 191 g/mol. The lowest BCUT2D eigenvalue weighted by molar-refractivity contribution is -0.300. The molecule has 0 atom stereocenters. The van der Waals surface area contributed by atoms with Crippen LogP contribution in [0.25, 0.3) is 0 Å². The molecule has 0 bridgehead atoms. The molecule has 1 aromatic rings. The molecule has 0 N–H and O–H groups in total. The summed E-state index contributed by atoms with van der Waals surface area (Å²) in [6.45, 7) is 1.97. The Bertz CT molecular complexity index is 338. The molecule has 0 spiro atoms. The first kappa shape index (κ1) is 10.4. The number of benzene rings is 1. The van der Waals surface area contributed by atoms with Gasteiger partial charge in [0.2, 0.25) is 0 Å². The van der Waals surface area contributed by atoms with Crippen LogP contribution in [0.4, 0.5) is 0 Å². The number of carbonyl (C=O) groups excluding carboxylic acids is 2. The van der Waals surface area contributed by atoms with Crippen molar-refractivity contribution >= 4 is 11.8 Å². The molecule has 3 heteroatoms. The zero-order valence-electron chi connectivity index (χ0n) is 7.95. The number of carboxylic acids is 1. The molecule has 0 radical (unpaired) electrons. The van der Waals surface area contributed by atoms with E-state index >= 15 is 0 Å². The summed E-state index contributed by atoms with van der Waals surface area (Å²) in [5.41, 5.74) is 2.10. The fraction of sp³-hybridized carbons (Fsp3) is 0.273. The van der Waals surface area contributed by atoms with E-state index < -0.39 is 11.8 Å². The van der Waals surface area contributed by atoms with Crippen LogP contribution in [0, 0.1) is 6.92 Å². The van der Waals surface area contributed by atoms with E-state index in [1.54, 1.807) is 0 Å². The van der Waals surface area contributed by atoms with Gasteiger partial charge in [-0.3, -0.25) is 4.79 Å². The predicted octanol–water partition coefficient (Wildman–Crippen LogP) is 0.247. The molecule has 0 aliphatic carbocycles. The van der Waals surface area contributed by atoms with Crippen LogP contribution in [-0.2, 0) is 16.0 Å². The first-order chi connectivity index (χ1) is 6.59. The highest BCUT2D eigenvalue weighted by atomic mass is 16.4. The second-order valence-corrected chi connectivity index (χ2v) is 3.20. The third kappa shape index (κ3) is 3.01. The molecule has 0 aliphatic rings. The van der Waals surface area contributed by atoms with Crippen molar-refractivity contribution in [2.75, 3.05) is 0 Å². The smallest absolute Gasteiger partial charge is 0.178 e. The quantitative estimate of drug-likeness (QED) is 0.641. The number of Topliss-reactive ketones (excluding diaryl/α,β-unsaturated/α-hetero) is 1. The summed E-state index contributed by atoms with van der Waals surface area (Å²) in [5, 5.41) is 10.1. The Morgan fingerprint density at radius 3 is 2.29 bits per heavy atom. The van der Waals surface area contributed by atoms with Crippen molar-refractivity contribution < 1.29 is 14.7 Å². The van der Waals surface area contributed by atoms with Crippen molar-refractivity contribution in [1.82, 2.24) is 0 Å². The van der Waals surface area contributed by atoms with Crippen LogP contribution >= 0.6 is 0 Å². The van der Waals surface area contributed by atoms with Gasteiger partial charge < -0.3 is 9.90 Å². The van der Waals surface area contributed by atoms with E-state index in [9.17, 15) is 14.7 Å². The highest BCUT2D eigenvalue weighted by Gasteiger charge is 2.02. The zero-order chi connectivity index (χ0) is 10.6. The largest absolute Gasteiger partial charge is 0.542 e. The van der Waals surface area contributed by atoms with Crippen molar-refractivity contribution in [3.05, 3.63) is 35.4 Å². The standard InChI is InChI=1S/C11H12O3/c1-8-2-4-9(5-3-8)6-7-10(12)11(13)14/h2-5H,6-7H2,1H3,(H,13,14)/p-1. The Balaban J connectivity index is 2.50. The van der Waals surface area contributed by atoms with Crippen LogP contribution in [0.5, 0.6) is 0 Å². The fourth-order valence-corrected chi connectivity index (χ4v) is 1.11. The molecule has 0 saturated carbocycles. The highest BCUT2D eigenvalue weighted by molar-refractivity contribution is 6.31. The number of rotatable bonds is 4. The minimum absolute atomic E-state index is 0.00535. The number of aliphatic carboxylic acids is 1. The number of carbonyl (C=O) groups is 2. The Kier molecular flexibility index (Phi) is 3.40. The molecule has 0 heterocycles. The molecule has 14 heavy (non-hydrogen) atoms. The molecule has 1 aromatic carbocycles. The van der Waals surface area contributed by atoms with Crippen molar-refractivity contribution in [2.24, 2.45) is 0 Å². The fourth-order valence-electron chi connectivity index (χ4n) is 1.11. The number of carboxylic acid groups (broad SMARTS) is 1. The van der Waals surface area contributed by atoms with E-state index in [4.69, 9.17) is 0 Å². The van der Waals surface area contributed by atoms with Gasteiger partial charge in [0.15, 0.2) is 5.78 Å². The SMILES string of the molecule is Cc1ccc(CCC(=O)C(=O)[O-])cc1. The third-order valence-electron chi connectivity index (χ3n) is 1.99. The van der Waals surface area contributed by atoms with Crippen LogP contribution < -0.4 is 5.11 Å². The molecular weight excluding hydrogens is 180 g/mol. The Hall–Kier alpha value is -1.64. The average Bonchev–Trinajstić information content (AvgIpc) is 2.16. The molecule has 74 valence electrons. The van der Waals surface area contributed by atoms with Crippen LogP contribution in [0.3, 0.4) is 0 Å². The second-order valence-electron chi connectivity index (χ2n) is 3.20. The van der Waals surface area contributed by atoms with Crippen LogP contribution in [0.1, 0.15) is 17.5 Å². The summed E-state index contributed by atoms with van der Waals surface area (Å²) in [4.78, 5) is 20.8. The molecule has 0 unspecified atom stereocenters. The minimum atomic E-state index is -1.60. The molecule has 0 amide bonds. The predicted molar refractivity (Wildman–Crippen MR) is 49.5 cm³/mol. The first-order valence-electron chi connectivity index (χ1n) is 4.39. The van der Waals surface area contributed by atoms with Crippen LogP contribution in [-0.4, -0.2) is 11.8 Å². The number of aryl methyl sites for hydroxylation is 2.